The maximum atomic E-state index is 11.6. The molecule has 4 nitrogen and oxygen atoms in total. The van der Waals surface area contributed by atoms with Crippen LogP contribution in [0.5, 0.6) is 0 Å². The largest absolute Gasteiger partial charge is 0.364 e. The summed E-state index contributed by atoms with van der Waals surface area (Å²) < 4.78 is 27.5. The lowest BCUT2D eigenvalue weighted by Gasteiger charge is -1.99. The Morgan fingerprint density at radius 3 is 2.85 bits per heavy atom. The molecule has 0 aliphatic heterocycles. The first-order valence-corrected chi connectivity index (χ1v) is 3.17. The third-order valence-corrected chi connectivity index (χ3v) is 1.09. The average molecular weight is 213 g/mol. The minimum Gasteiger partial charge on any atom is -0.364 e. The van der Waals surface area contributed by atoms with Gasteiger partial charge in [-0.2, -0.15) is 0 Å². The average Bonchev–Trinajstić information content (AvgIpc) is 2.51. The molecule has 0 unspecified atom stereocenters. The Labute approximate surface area is 78.7 Å². The quantitative estimate of drug-likeness (QED) is 0.816. The normalized spacial score (nSPS) is 9.46. The number of aromatic nitrogens is 1. The summed E-state index contributed by atoms with van der Waals surface area (Å²) in [6.07, 6.45) is -1.36. The lowest BCUT2D eigenvalue weighted by atomic mass is 10.4. The third kappa shape index (κ3) is 3.84. The molecule has 1 rings (SSSR count). The highest BCUT2D eigenvalue weighted by atomic mass is 35.5. The van der Waals surface area contributed by atoms with E-state index in [1.54, 1.807) is 0 Å². The zero-order valence-corrected chi connectivity index (χ0v) is 7.18. The Morgan fingerprint density at radius 2 is 2.38 bits per heavy atom. The van der Waals surface area contributed by atoms with Crippen LogP contribution in [-0.4, -0.2) is 24.0 Å². The van der Waals surface area contributed by atoms with Gasteiger partial charge in [-0.3, -0.25) is 4.79 Å². The fourth-order valence-electron chi connectivity index (χ4n) is 0.590. The van der Waals surface area contributed by atoms with Gasteiger partial charge in [0, 0.05) is 6.07 Å². The molecule has 0 aromatic carbocycles. The Bertz CT molecular complexity index is 253. The van der Waals surface area contributed by atoms with Crippen LogP contribution in [0, 0.1) is 0 Å². The highest BCUT2D eigenvalue weighted by Gasteiger charge is 2.10. The minimum atomic E-state index is -2.55. The molecule has 1 aromatic rings. The van der Waals surface area contributed by atoms with Crippen molar-refractivity contribution in [2.45, 2.75) is 6.43 Å². The van der Waals surface area contributed by atoms with E-state index in [2.05, 4.69) is 9.68 Å². The van der Waals surface area contributed by atoms with Crippen molar-refractivity contribution in [2.24, 2.45) is 0 Å². The van der Waals surface area contributed by atoms with E-state index in [1.807, 2.05) is 5.32 Å². The second-order valence-electron chi connectivity index (χ2n) is 1.99. The molecule has 0 aliphatic carbocycles. The van der Waals surface area contributed by atoms with Gasteiger partial charge in [0.05, 0.1) is 6.54 Å². The van der Waals surface area contributed by atoms with E-state index < -0.39 is 18.9 Å². The smallest absolute Gasteiger partial charge is 0.273 e. The minimum absolute atomic E-state index is 0. The summed E-state index contributed by atoms with van der Waals surface area (Å²) in [5, 5.41) is 5.24. The molecule has 1 heterocycles. The van der Waals surface area contributed by atoms with Crippen LogP contribution < -0.4 is 5.32 Å². The van der Waals surface area contributed by atoms with Crippen LogP contribution in [0.25, 0.3) is 0 Å². The zero-order valence-electron chi connectivity index (χ0n) is 6.37. The molecule has 0 atom stereocenters. The van der Waals surface area contributed by atoms with Crippen LogP contribution in [0.1, 0.15) is 10.5 Å². The van der Waals surface area contributed by atoms with Gasteiger partial charge in [-0.05, 0) is 0 Å². The molecule has 0 radical (unpaired) electrons. The number of carbonyl (C=O) groups is 1. The Morgan fingerprint density at radius 1 is 1.69 bits per heavy atom. The lowest BCUT2D eigenvalue weighted by molar-refractivity contribution is 0.0883. The lowest BCUT2D eigenvalue weighted by Crippen LogP contribution is -2.28. The molecule has 74 valence electrons. The van der Waals surface area contributed by atoms with Gasteiger partial charge in [0.2, 0.25) is 0 Å². The zero-order chi connectivity index (χ0) is 8.97. The van der Waals surface area contributed by atoms with E-state index in [0.717, 1.165) is 0 Å². The van der Waals surface area contributed by atoms with Gasteiger partial charge in [0.25, 0.3) is 12.3 Å². The highest BCUT2D eigenvalue weighted by molar-refractivity contribution is 5.91. The number of nitrogens with one attached hydrogen (secondary N) is 1. The summed E-state index contributed by atoms with van der Waals surface area (Å²) >= 11 is 0. The molecular formula is C6H7ClF2N2O2. The van der Waals surface area contributed by atoms with Crippen molar-refractivity contribution >= 4 is 18.3 Å². The summed E-state index contributed by atoms with van der Waals surface area (Å²) in [4.78, 5) is 10.8. The summed E-state index contributed by atoms with van der Waals surface area (Å²) in [7, 11) is 0. The van der Waals surface area contributed by atoms with Gasteiger partial charge in [0.15, 0.2) is 5.69 Å². The molecular weight excluding hydrogens is 206 g/mol. The second-order valence-corrected chi connectivity index (χ2v) is 1.99. The maximum absolute atomic E-state index is 11.6. The Kier molecular flexibility index (Phi) is 4.98. The predicted octanol–water partition coefficient (Wildman–Crippen LogP) is 1.09. The van der Waals surface area contributed by atoms with E-state index in [-0.39, 0.29) is 18.1 Å². The highest BCUT2D eigenvalue weighted by Crippen LogP contribution is 1.94. The van der Waals surface area contributed by atoms with Crippen LogP contribution in [0.15, 0.2) is 16.9 Å². The molecule has 1 N–H and O–H groups in total. The van der Waals surface area contributed by atoms with Crippen LogP contribution in [-0.2, 0) is 0 Å². The van der Waals surface area contributed by atoms with Crippen molar-refractivity contribution in [2.75, 3.05) is 6.54 Å². The molecule has 0 aliphatic rings. The van der Waals surface area contributed by atoms with Crippen molar-refractivity contribution in [1.29, 1.82) is 0 Å². The van der Waals surface area contributed by atoms with Gasteiger partial charge in [-0.25, -0.2) is 8.78 Å². The number of nitrogens with zero attached hydrogens (tertiary/aromatic N) is 1. The van der Waals surface area contributed by atoms with E-state index >= 15 is 0 Å². The first-order valence-electron chi connectivity index (χ1n) is 3.17. The van der Waals surface area contributed by atoms with Crippen molar-refractivity contribution in [3.05, 3.63) is 18.0 Å². The first-order chi connectivity index (χ1) is 5.70. The van der Waals surface area contributed by atoms with E-state index in [9.17, 15) is 13.6 Å². The Hall–Kier alpha value is -1.17. The summed E-state index contributed by atoms with van der Waals surface area (Å²) in [6.45, 7) is -0.675. The number of carbonyl (C=O) groups excluding carboxylic acids is 1. The summed E-state index contributed by atoms with van der Waals surface area (Å²) in [5.74, 6) is -0.663. The van der Waals surface area contributed by atoms with Crippen LogP contribution in [0.2, 0.25) is 0 Å². The van der Waals surface area contributed by atoms with Gasteiger partial charge >= 0.3 is 0 Å². The monoisotopic (exact) mass is 212 g/mol. The van der Waals surface area contributed by atoms with Gasteiger partial charge < -0.3 is 9.84 Å². The number of amides is 1. The molecule has 7 heteroatoms. The maximum Gasteiger partial charge on any atom is 0.273 e. The van der Waals surface area contributed by atoms with Gasteiger partial charge in [-0.15, -0.1) is 12.4 Å². The SMILES string of the molecule is Cl.O=C(NCC(F)F)c1ccon1. The number of halogens is 3. The molecule has 0 spiro atoms. The number of alkyl halides is 2. The number of hydrogen-bond acceptors (Lipinski definition) is 3. The van der Waals surface area contributed by atoms with E-state index in [0.29, 0.717) is 0 Å². The topological polar surface area (TPSA) is 55.1 Å². The summed E-state index contributed by atoms with van der Waals surface area (Å²) in [5.41, 5.74) is -0.00403. The van der Waals surface area contributed by atoms with Crippen LogP contribution >= 0.6 is 12.4 Å². The van der Waals surface area contributed by atoms with Crippen molar-refractivity contribution in [3.63, 3.8) is 0 Å². The second kappa shape index (κ2) is 5.47. The molecule has 1 aromatic heterocycles. The van der Waals surface area contributed by atoms with Gasteiger partial charge in [-0.1, -0.05) is 5.16 Å². The standard InChI is InChI=1S/C6H6F2N2O2.ClH/c7-5(8)3-9-6(11)4-1-2-12-10-4;/h1-2,5H,3H2,(H,9,11);1H. The molecule has 13 heavy (non-hydrogen) atoms. The number of rotatable bonds is 3. The Balaban J connectivity index is 0.00000144. The van der Waals surface area contributed by atoms with E-state index in [1.165, 1.54) is 12.3 Å². The van der Waals surface area contributed by atoms with Gasteiger partial charge in [0.1, 0.15) is 6.26 Å². The van der Waals surface area contributed by atoms with Crippen LogP contribution in [0.3, 0.4) is 0 Å². The molecule has 1 amide bonds. The fraction of sp³-hybridized carbons (Fsp3) is 0.333. The van der Waals surface area contributed by atoms with Crippen molar-refractivity contribution < 1.29 is 18.1 Å². The molecule has 0 saturated carbocycles. The van der Waals surface area contributed by atoms with Crippen molar-refractivity contribution in [1.82, 2.24) is 10.5 Å². The molecule has 0 bridgehead atoms. The predicted molar refractivity (Wildman–Crippen MR) is 42.1 cm³/mol. The third-order valence-electron chi connectivity index (χ3n) is 1.09. The van der Waals surface area contributed by atoms with Crippen molar-refractivity contribution in [3.8, 4) is 0 Å². The first kappa shape index (κ1) is 11.8. The summed E-state index contributed by atoms with van der Waals surface area (Å²) in [6, 6.07) is 1.29. The molecule has 0 saturated heterocycles. The molecule has 0 fully saturated rings. The van der Waals surface area contributed by atoms with Crippen LogP contribution in [0.4, 0.5) is 8.78 Å². The number of hydrogen-bond donors (Lipinski definition) is 1. The fourth-order valence-corrected chi connectivity index (χ4v) is 0.590. The van der Waals surface area contributed by atoms with E-state index in [4.69, 9.17) is 0 Å².